The van der Waals surface area contributed by atoms with Crippen LogP contribution in [0.15, 0.2) is 12.2 Å². The lowest BCUT2D eigenvalue weighted by Crippen LogP contribution is -2.27. The van der Waals surface area contributed by atoms with Gasteiger partial charge in [0.1, 0.15) is 0 Å². The molecule has 0 aliphatic heterocycles. The van der Waals surface area contributed by atoms with Gasteiger partial charge in [-0.05, 0) is 25.8 Å². The molecular weight excluding hydrogens is 136 g/mol. The van der Waals surface area contributed by atoms with Gasteiger partial charge in [-0.2, -0.15) is 5.26 Å². The van der Waals surface area contributed by atoms with Crippen LogP contribution in [-0.2, 0) is 0 Å². The van der Waals surface area contributed by atoms with E-state index in [1.165, 1.54) is 0 Å². The predicted molar refractivity (Wildman–Crippen MR) is 45.0 cm³/mol. The molecule has 0 atom stereocenters. The lowest BCUT2D eigenvalue weighted by molar-refractivity contribution is 0.530. The SMILES string of the molecule is N#CCCCNC1CC=CC1. The molecule has 0 spiro atoms. The van der Waals surface area contributed by atoms with Gasteiger partial charge in [-0.3, -0.25) is 0 Å². The predicted octanol–water partition coefficient (Wildman–Crippen LogP) is 1.60. The summed E-state index contributed by atoms with van der Waals surface area (Å²) in [5, 5.41) is 11.7. The zero-order chi connectivity index (χ0) is 7.94. The van der Waals surface area contributed by atoms with E-state index in [-0.39, 0.29) is 0 Å². The van der Waals surface area contributed by atoms with Crippen molar-refractivity contribution in [2.45, 2.75) is 31.7 Å². The van der Waals surface area contributed by atoms with Crippen molar-refractivity contribution in [1.82, 2.24) is 5.32 Å². The fourth-order valence-electron chi connectivity index (χ4n) is 1.26. The molecule has 0 unspecified atom stereocenters. The lowest BCUT2D eigenvalue weighted by atomic mass is 10.2. The van der Waals surface area contributed by atoms with Gasteiger partial charge < -0.3 is 5.32 Å². The molecule has 11 heavy (non-hydrogen) atoms. The second kappa shape index (κ2) is 4.92. The monoisotopic (exact) mass is 150 g/mol. The lowest BCUT2D eigenvalue weighted by Gasteiger charge is -2.09. The van der Waals surface area contributed by atoms with Crippen LogP contribution in [0, 0.1) is 11.3 Å². The van der Waals surface area contributed by atoms with Crippen LogP contribution in [-0.4, -0.2) is 12.6 Å². The summed E-state index contributed by atoms with van der Waals surface area (Å²) in [6.45, 7) is 0.986. The van der Waals surface area contributed by atoms with Crippen molar-refractivity contribution in [1.29, 1.82) is 5.26 Å². The van der Waals surface area contributed by atoms with Gasteiger partial charge in [0.15, 0.2) is 0 Å². The molecule has 1 N–H and O–H groups in total. The van der Waals surface area contributed by atoms with Gasteiger partial charge >= 0.3 is 0 Å². The first-order chi connectivity index (χ1) is 5.43. The van der Waals surface area contributed by atoms with Gasteiger partial charge in [0, 0.05) is 12.5 Å². The van der Waals surface area contributed by atoms with Gasteiger partial charge in [0.05, 0.1) is 6.07 Å². The first kappa shape index (κ1) is 8.29. The topological polar surface area (TPSA) is 35.8 Å². The molecule has 0 heterocycles. The molecule has 0 saturated carbocycles. The average molecular weight is 150 g/mol. The molecule has 1 aliphatic rings. The molecule has 0 aromatic heterocycles. The zero-order valence-corrected chi connectivity index (χ0v) is 6.71. The molecule has 1 rings (SSSR count). The highest BCUT2D eigenvalue weighted by atomic mass is 14.9. The highest BCUT2D eigenvalue weighted by Crippen LogP contribution is 2.08. The average Bonchev–Trinajstić information content (AvgIpc) is 2.50. The van der Waals surface area contributed by atoms with E-state index in [0.717, 1.165) is 25.8 Å². The van der Waals surface area contributed by atoms with E-state index < -0.39 is 0 Å². The van der Waals surface area contributed by atoms with E-state index in [2.05, 4.69) is 23.5 Å². The quantitative estimate of drug-likeness (QED) is 0.488. The maximum atomic E-state index is 8.27. The first-order valence-corrected chi connectivity index (χ1v) is 4.19. The fraction of sp³-hybridized carbons (Fsp3) is 0.667. The summed E-state index contributed by atoms with van der Waals surface area (Å²) < 4.78 is 0. The van der Waals surface area contributed by atoms with E-state index in [9.17, 15) is 0 Å². The molecule has 2 heteroatoms. The number of nitriles is 1. The maximum absolute atomic E-state index is 8.27. The van der Waals surface area contributed by atoms with E-state index in [4.69, 9.17) is 5.26 Å². The second-order valence-electron chi connectivity index (χ2n) is 2.86. The van der Waals surface area contributed by atoms with Crippen molar-refractivity contribution < 1.29 is 0 Å². The summed E-state index contributed by atoms with van der Waals surface area (Å²) in [7, 11) is 0. The van der Waals surface area contributed by atoms with Crippen LogP contribution in [0.4, 0.5) is 0 Å². The smallest absolute Gasteiger partial charge is 0.0622 e. The molecule has 0 amide bonds. The van der Waals surface area contributed by atoms with Crippen molar-refractivity contribution >= 4 is 0 Å². The number of rotatable bonds is 4. The Kier molecular flexibility index (Phi) is 3.71. The molecule has 0 saturated heterocycles. The molecule has 0 bridgehead atoms. The molecule has 2 nitrogen and oxygen atoms in total. The van der Waals surface area contributed by atoms with Crippen LogP contribution < -0.4 is 5.32 Å². The third-order valence-corrected chi connectivity index (χ3v) is 1.91. The molecule has 0 radical (unpaired) electrons. The van der Waals surface area contributed by atoms with Crippen LogP contribution in [0.3, 0.4) is 0 Å². The summed E-state index contributed by atoms with van der Waals surface area (Å²) in [6.07, 6.45) is 8.39. The molecule has 1 aliphatic carbocycles. The zero-order valence-electron chi connectivity index (χ0n) is 6.71. The Morgan fingerprint density at radius 1 is 1.45 bits per heavy atom. The van der Waals surface area contributed by atoms with Crippen LogP contribution in [0.5, 0.6) is 0 Å². The van der Waals surface area contributed by atoms with Crippen molar-refractivity contribution in [3.05, 3.63) is 12.2 Å². The Hall–Kier alpha value is -0.810. The van der Waals surface area contributed by atoms with Crippen LogP contribution in [0.2, 0.25) is 0 Å². The standard InChI is InChI=1S/C9H14N2/c10-7-3-4-8-11-9-5-1-2-6-9/h1-2,9,11H,3-6,8H2. The van der Waals surface area contributed by atoms with Gasteiger partial charge in [-0.15, -0.1) is 0 Å². The van der Waals surface area contributed by atoms with Gasteiger partial charge in [-0.25, -0.2) is 0 Å². The van der Waals surface area contributed by atoms with Gasteiger partial charge in [-0.1, -0.05) is 12.2 Å². The Balaban J connectivity index is 1.92. The molecule has 0 aromatic rings. The van der Waals surface area contributed by atoms with Crippen molar-refractivity contribution in [2.24, 2.45) is 0 Å². The number of unbranched alkanes of at least 4 members (excludes halogenated alkanes) is 1. The summed E-state index contributed by atoms with van der Waals surface area (Å²) in [6, 6.07) is 2.78. The van der Waals surface area contributed by atoms with E-state index in [1.807, 2.05) is 0 Å². The molecule has 60 valence electrons. The van der Waals surface area contributed by atoms with Crippen molar-refractivity contribution in [2.75, 3.05) is 6.54 Å². The normalized spacial score (nSPS) is 17.0. The summed E-state index contributed by atoms with van der Waals surface area (Å²) in [5.41, 5.74) is 0. The largest absolute Gasteiger partial charge is 0.313 e. The minimum Gasteiger partial charge on any atom is -0.313 e. The second-order valence-corrected chi connectivity index (χ2v) is 2.86. The van der Waals surface area contributed by atoms with Gasteiger partial charge in [0.2, 0.25) is 0 Å². The Labute approximate surface area is 67.9 Å². The minimum atomic E-state index is 0.647. The number of hydrogen-bond acceptors (Lipinski definition) is 2. The minimum absolute atomic E-state index is 0.647. The first-order valence-electron chi connectivity index (χ1n) is 4.19. The summed E-state index contributed by atoms with van der Waals surface area (Å²) in [4.78, 5) is 0. The van der Waals surface area contributed by atoms with Crippen LogP contribution >= 0.6 is 0 Å². The number of hydrogen-bond donors (Lipinski definition) is 1. The highest BCUT2D eigenvalue weighted by Gasteiger charge is 2.07. The van der Waals surface area contributed by atoms with E-state index in [0.29, 0.717) is 12.5 Å². The highest BCUT2D eigenvalue weighted by molar-refractivity contribution is 4.97. The third kappa shape index (κ3) is 3.20. The molecular formula is C9H14N2. The van der Waals surface area contributed by atoms with E-state index in [1.54, 1.807) is 0 Å². The molecule has 0 fully saturated rings. The number of nitrogens with one attached hydrogen (secondary N) is 1. The van der Waals surface area contributed by atoms with Crippen LogP contribution in [0.1, 0.15) is 25.7 Å². The Morgan fingerprint density at radius 3 is 2.82 bits per heavy atom. The maximum Gasteiger partial charge on any atom is 0.0622 e. The fourth-order valence-corrected chi connectivity index (χ4v) is 1.26. The molecule has 0 aromatic carbocycles. The van der Waals surface area contributed by atoms with Crippen molar-refractivity contribution in [3.63, 3.8) is 0 Å². The Bertz CT molecular complexity index is 159. The van der Waals surface area contributed by atoms with E-state index >= 15 is 0 Å². The van der Waals surface area contributed by atoms with Crippen molar-refractivity contribution in [3.8, 4) is 6.07 Å². The Morgan fingerprint density at radius 2 is 2.18 bits per heavy atom. The van der Waals surface area contributed by atoms with Gasteiger partial charge in [0.25, 0.3) is 0 Å². The summed E-state index contributed by atoms with van der Waals surface area (Å²) >= 11 is 0. The number of nitrogens with zero attached hydrogens (tertiary/aromatic N) is 1. The van der Waals surface area contributed by atoms with Crippen LogP contribution in [0.25, 0.3) is 0 Å². The third-order valence-electron chi connectivity index (χ3n) is 1.91. The summed E-state index contributed by atoms with van der Waals surface area (Å²) in [5.74, 6) is 0.